The number of carbonyl (C=O) groups is 1. The van der Waals surface area contributed by atoms with E-state index in [1.165, 1.54) is 5.56 Å². The SMILES string of the molecule is Cc1c(Cl)cccc1NC(=O)CCNCCc1ccc(Cl)cc1. The first kappa shape index (κ1) is 17.8. The van der Waals surface area contributed by atoms with Gasteiger partial charge in [-0.05, 0) is 55.3 Å². The van der Waals surface area contributed by atoms with E-state index in [9.17, 15) is 4.79 Å². The van der Waals surface area contributed by atoms with Crippen molar-refractivity contribution in [2.24, 2.45) is 0 Å². The summed E-state index contributed by atoms with van der Waals surface area (Å²) < 4.78 is 0. The molecule has 1 amide bonds. The lowest BCUT2D eigenvalue weighted by Gasteiger charge is -2.10. The van der Waals surface area contributed by atoms with Crippen LogP contribution in [0.4, 0.5) is 5.69 Å². The number of benzene rings is 2. The Kier molecular flexibility index (Phi) is 6.90. The molecule has 0 aliphatic rings. The van der Waals surface area contributed by atoms with Crippen molar-refractivity contribution in [3.8, 4) is 0 Å². The van der Waals surface area contributed by atoms with Gasteiger partial charge in [-0.1, -0.05) is 41.4 Å². The molecule has 0 heterocycles. The van der Waals surface area contributed by atoms with Crippen LogP contribution in [0.5, 0.6) is 0 Å². The molecule has 0 bridgehead atoms. The molecule has 23 heavy (non-hydrogen) atoms. The normalized spacial score (nSPS) is 10.6. The van der Waals surface area contributed by atoms with E-state index in [0.29, 0.717) is 18.0 Å². The van der Waals surface area contributed by atoms with E-state index < -0.39 is 0 Å². The van der Waals surface area contributed by atoms with E-state index in [1.54, 1.807) is 0 Å². The molecule has 0 spiro atoms. The van der Waals surface area contributed by atoms with E-state index >= 15 is 0 Å². The molecule has 3 nitrogen and oxygen atoms in total. The van der Waals surface area contributed by atoms with Crippen LogP contribution >= 0.6 is 23.2 Å². The fourth-order valence-electron chi connectivity index (χ4n) is 2.17. The molecule has 2 N–H and O–H groups in total. The van der Waals surface area contributed by atoms with Crippen LogP contribution in [0, 0.1) is 6.92 Å². The molecule has 0 radical (unpaired) electrons. The molecule has 0 fully saturated rings. The summed E-state index contributed by atoms with van der Waals surface area (Å²) in [5, 5.41) is 7.56. The van der Waals surface area contributed by atoms with Gasteiger partial charge in [0.2, 0.25) is 5.91 Å². The van der Waals surface area contributed by atoms with Gasteiger partial charge in [-0.3, -0.25) is 4.79 Å². The number of hydrogen-bond acceptors (Lipinski definition) is 2. The van der Waals surface area contributed by atoms with Crippen LogP contribution < -0.4 is 10.6 Å². The second-order valence-electron chi connectivity index (χ2n) is 5.34. The predicted molar refractivity (Wildman–Crippen MR) is 97.5 cm³/mol. The third-order valence-corrected chi connectivity index (χ3v) is 4.24. The quantitative estimate of drug-likeness (QED) is 0.723. The number of anilines is 1. The molecule has 0 saturated heterocycles. The third kappa shape index (κ3) is 5.87. The van der Waals surface area contributed by atoms with E-state index in [1.807, 2.05) is 49.4 Å². The summed E-state index contributed by atoms with van der Waals surface area (Å²) in [6.07, 6.45) is 1.33. The fraction of sp³-hybridized carbons (Fsp3) is 0.278. The molecule has 2 rings (SSSR count). The number of nitrogens with one attached hydrogen (secondary N) is 2. The van der Waals surface area contributed by atoms with Gasteiger partial charge >= 0.3 is 0 Å². The van der Waals surface area contributed by atoms with Gasteiger partial charge in [0.05, 0.1) is 0 Å². The maximum absolute atomic E-state index is 11.9. The second-order valence-corrected chi connectivity index (χ2v) is 6.18. The topological polar surface area (TPSA) is 41.1 Å². The van der Waals surface area contributed by atoms with E-state index in [2.05, 4.69) is 10.6 Å². The smallest absolute Gasteiger partial charge is 0.225 e. The van der Waals surface area contributed by atoms with Crippen LogP contribution in [0.1, 0.15) is 17.5 Å². The number of carbonyl (C=O) groups excluding carboxylic acids is 1. The van der Waals surface area contributed by atoms with Crippen LogP contribution in [-0.4, -0.2) is 19.0 Å². The molecular weight excluding hydrogens is 331 g/mol. The average molecular weight is 351 g/mol. The second kappa shape index (κ2) is 8.92. The molecule has 2 aromatic rings. The van der Waals surface area contributed by atoms with Crippen molar-refractivity contribution < 1.29 is 4.79 Å². The van der Waals surface area contributed by atoms with Crippen LogP contribution in [0.25, 0.3) is 0 Å². The van der Waals surface area contributed by atoms with Gasteiger partial charge in [0.1, 0.15) is 0 Å². The van der Waals surface area contributed by atoms with Gasteiger partial charge in [-0.2, -0.15) is 0 Å². The largest absolute Gasteiger partial charge is 0.326 e. The van der Waals surface area contributed by atoms with Crippen LogP contribution in [0.15, 0.2) is 42.5 Å². The highest BCUT2D eigenvalue weighted by Crippen LogP contribution is 2.22. The first-order valence-corrected chi connectivity index (χ1v) is 8.32. The minimum Gasteiger partial charge on any atom is -0.326 e. The lowest BCUT2D eigenvalue weighted by atomic mass is 10.1. The highest BCUT2D eigenvalue weighted by molar-refractivity contribution is 6.31. The highest BCUT2D eigenvalue weighted by Gasteiger charge is 2.06. The Morgan fingerprint density at radius 2 is 1.78 bits per heavy atom. The van der Waals surface area contributed by atoms with Crippen LogP contribution in [0.2, 0.25) is 10.0 Å². The lowest BCUT2D eigenvalue weighted by Crippen LogP contribution is -2.23. The van der Waals surface area contributed by atoms with Crippen molar-refractivity contribution in [1.29, 1.82) is 0 Å². The van der Waals surface area contributed by atoms with Gasteiger partial charge in [0, 0.05) is 28.7 Å². The van der Waals surface area contributed by atoms with E-state index in [-0.39, 0.29) is 5.91 Å². The molecule has 0 aromatic heterocycles. The molecule has 2 aromatic carbocycles. The molecule has 0 saturated carbocycles. The van der Waals surface area contributed by atoms with Crippen molar-refractivity contribution in [1.82, 2.24) is 5.32 Å². The standard InChI is InChI=1S/C18H20Cl2N2O/c1-13-16(20)3-2-4-17(13)22-18(23)10-12-21-11-9-14-5-7-15(19)8-6-14/h2-8,21H,9-12H2,1H3,(H,22,23). The predicted octanol–water partition coefficient (Wildman–Crippen LogP) is 4.46. The minimum absolute atomic E-state index is 0.0191. The van der Waals surface area contributed by atoms with Crippen molar-refractivity contribution >= 4 is 34.8 Å². The molecule has 0 aliphatic carbocycles. The zero-order chi connectivity index (χ0) is 16.7. The van der Waals surface area contributed by atoms with Gasteiger partial charge in [0.15, 0.2) is 0 Å². The summed E-state index contributed by atoms with van der Waals surface area (Å²) in [6.45, 7) is 3.35. The van der Waals surface area contributed by atoms with Gasteiger partial charge in [0.25, 0.3) is 0 Å². The highest BCUT2D eigenvalue weighted by atomic mass is 35.5. The van der Waals surface area contributed by atoms with Gasteiger partial charge in [-0.25, -0.2) is 0 Å². The zero-order valence-corrected chi connectivity index (χ0v) is 14.5. The van der Waals surface area contributed by atoms with Crippen LogP contribution in [-0.2, 0) is 11.2 Å². The molecule has 122 valence electrons. The molecule has 5 heteroatoms. The minimum atomic E-state index is -0.0191. The molecule has 0 aliphatic heterocycles. The monoisotopic (exact) mass is 350 g/mol. The Balaban J connectivity index is 1.67. The van der Waals surface area contributed by atoms with Crippen molar-refractivity contribution in [3.05, 3.63) is 63.6 Å². The third-order valence-electron chi connectivity index (χ3n) is 3.57. The number of hydrogen-bond donors (Lipinski definition) is 2. The van der Waals surface area contributed by atoms with Crippen molar-refractivity contribution in [2.45, 2.75) is 19.8 Å². The molecule has 0 atom stereocenters. The Bertz CT molecular complexity index is 657. The zero-order valence-electron chi connectivity index (χ0n) is 13.0. The number of amides is 1. The van der Waals surface area contributed by atoms with E-state index in [4.69, 9.17) is 23.2 Å². The van der Waals surface area contributed by atoms with Gasteiger partial charge < -0.3 is 10.6 Å². The first-order chi connectivity index (χ1) is 11.1. The lowest BCUT2D eigenvalue weighted by molar-refractivity contribution is -0.116. The Hall–Kier alpha value is -1.55. The fourth-order valence-corrected chi connectivity index (χ4v) is 2.47. The number of halogens is 2. The summed E-state index contributed by atoms with van der Waals surface area (Å²) in [5.41, 5.74) is 2.88. The van der Waals surface area contributed by atoms with Crippen LogP contribution in [0.3, 0.4) is 0 Å². The summed E-state index contributed by atoms with van der Waals surface area (Å²) in [4.78, 5) is 11.9. The summed E-state index contributed by atoms with van der Waals surface area (Å²) in [5.74, 6) is -0.0191. The Labute approximate surface area is 147 Å². The maximum Gasteiger partial charge on any atom is 0.225 e. The molecular formula is C18H20Cl2N2O. The average Bonchev–Trinajstić information content (AvgIpc) is 2.53. The Morgan fingerprint density at radius 1 is 1.04 bits per heavy atom. The van der Waals surface area contributed by atoms with Crippen molar-refractivity contribution in [2.75, 3.05) is 18.4 Å². The maximum atomic E-state index is 11.9. The summed E-state index contributed by atoms with van der Waals surface area (Å²) in [7, 11) is 0. The van der Waals surface area contributed by atoms with E-state index in [0.717, 1.165) is 29.2 Å². The Morgan fingerprint density at radius 3 is 2.52 bits per heavy atom. The molecule has 0 unspecified atom stereocenters. The number of rotatable bonds is 7. The van der Waals surface area contributed by atoms with Gasteiger partial charge in [-0.15, -0.1) is 0 Å². The van der Waals surface area contributed by atoms with Crippen molar-refractivity contribution in [3.63, 3.8) is 0 Å². The summed E-state index contributed by atoms with van der Waals surface area (Å²) >= 11 is 11.9. The first-order valence-electron chi connectivity index (χ1n) is 7.56. The summed E-state index contributed by atoms with van der Waals surface area (Å²) in [6, 6.07) is 13.3.